The normalized spacial score (nSPS) is 25.0. The molecule has 6 nitrogen and oxygen atoms in total. The van der Waals surface area contributed by atoms with Crippen molar-refractivity contribution >= 4 is 23.8 Å². The van der Waals surface area contributed by atoms with E-state index in [1.807, 2.05) is 0 Å². The Labute approximate surface area is 175 Å². The van der Waals surface area contributed by atoms with E-state index in [1.165, 1.54) is 13.2 Å². The molecule has 2 aliphatic heterocycles. The summed E-state index contributed by atoms with van der Waals surface area (Å²) in [4.78, 5) is 27.5. The molecular weight excluding hydrogens is 428 g/mol. The first-order valence-corrected chi connectivity index (χ1v) is 10.7. The molecule has 1 aromatic carbocycles. The van der Waals surface area contributed by atoms with Gasteiger partial charge in [0.05, 0.1) is 20.2 Å². The van der Waals surface area contributed by atoms with Crippen molar-refractivity contribution in [3.8, 4) is 5.75 Å². The summed E-state index contributed by atoms with van der Waals surface area (Å²) in [7, 11) is 1.26. The Morgan fingerprint density at radius 2 is 1.90 bits per heavy atom. The Morgan fingerprint density at radius 1 is 1.20 bits per heavy atom. The van der Waals surface area contributed by atoms with Crippen molar-refractivity contribution in [2.45, 2.75) is 18.7 Å². The molecule has 3 unspecified atom stereocenters. The van der Waals surface area contributed by atoms with Gasteiger partial charge in [-0.1, -0.05) is 6.07 Å². The van der Waals surface area contributed by atoms with E-state index in [0.717, 1.165) is 23.6 Å². The number of likely N-dealkylation sites (tertiary alicyclic amines) is 1. The highest BCUT2D eigenvalue weighted by atomic mass is 32.2. The number of amides is 2. The highest BCUT2D eigenvalue weighted by Crippen LogP contribution is 2.31. The zero-order valence-corrected chi connectivity index (χ0v) is 17.2. The van der Waals surface area contributed by atoms with Crippen LogP contribution < -0.4 is 9.64 Å². The van der Waals surface area contributed by atoms with E-state index in [2.05, 4.69) is 4.74 Å². The molecule has 166 valence electrons. The number of carbonyl (C=O) groups excluding carboxylic acids is 2. The van der Waals surface area contributed by atoms with Crippen molar-refractivity contribution in [3.05, 3.63) is 29.6 Å². The molecule has 0 aliphatic carbocycles. The fourth-order valence-corrected chi connectivity index (χ4v) is 4.83. The first-order chi connectivity index (χ1) is 14.2. The molecule has 0 saturated carbocycles. The fraction of sp³-hybridized carbons (Fsp3) is 0.579. The third kappa shape index (κ3) is 5.57. The highest BCUT2D eigenvalue weighted by molar-refractivity contribution is 7.99. The number of hydrogen-bond acceptors (Lipinski definition) is 5. The SMILES string of the molecule is COC(=O)C1CC(c2ccc(OC(F)(F)F)c(F)c2)C[NH+](C(=O)N2CCSCC2)C1. The maximum atomic E-state index is 14.2. The smallest absolute Gasteiger partial charge is 0.469 e. The summed E-state index contributed by atoms with van der Waals surface area (Å²) in [6.07, 6.45) is -4.68. The average Bonchev–Trinajstić information content (AvgIpc) is 2.73. The number of urea groups is 1. The summed E-state index contributed by atoms with van der Waals surface area (Å²) in [6.45, 7) is 1.83. The van der Waals surface area contributed by atoms with E-state index in [0.29, 0.717) is 36.5 Å². The minimum Gasteiger partial charge on any atom is -0.469 e. The van der Waals surface area contributed by atoms with Crippen LogP contribution in [0.4, 0.5) is 22.4 Å². The zero-order valence-electron chi connectivity index (χ0n) is 16.3. The first-order valence-electron chi connectivity index (χ1n) is 9.52. The predicted octanol–water partition coefficient (Wildman–Crippen LogP) is 2.05. The Morgan fingerprint density at radius 3 is 2.50 bits per heavy atom. The number of methoxy groups -OCH3 is 1. The molecule has 0 radical (unpaired) electrons. The van der Waals surface area contributed by atoms with E-state index in [1.54, 1.807) is 16.7 Å². The van der Waals surface area contributed by atoms with Crippen molar-refractivity contribution in [1.29, 1.82) is 0 Å². The Kier molecular flexibility index (Phi) is 7.12. The molecule has 2 amide bonds. The quantitative estimate of drug-likeness (QED) is 0.563. The third-order valence-electron chi connectivity index (χ3n) is 5.34. The molecule has 3 rings (SSSR count). The number of halogens is 4. The summed E-state index contributed by atoms with van der Waals surface area (Å²) < 4.78 is 59.9. The van der Waals surface area contributed by atoms with Gasteiger partial charge in [0.1, 0.15) is 5.92 Å². The van der Waals surface area contributed by atoms with E-state index in [9.17, 15) is 27.2 Å². The van der Waals surface area contributed by atoms with Crippen LogP contribution in [-0.2, 0) is 9.53 Å². The molecule has 11 heteroatoms. The van der Waals surface area contributed by atoms with Gasteiger partial charge in [0, 0.05) is 30.5 Å². The number of thioether (sulfide) groups is 1. The number of esters is 1. The first kappa shape index (κ1) is 22.7. The lowest BCUT2D eigenvalue weighted by molar-refractivity contribution is -0.830. The second-order valence-electron chi connectivity index (χ2n) is 7.31. The van der Waals surface area contributed by atoms with Crippen LogP contribution in [0.3, 0.4) is 0 Å². The number of nitrogens with one attached hydrogen (secondary N) is 1. The van der Waals surface area contributed by atoms with Crippen molar-refractivity contribution in [1.82, 2.24) is 4.90 Å². The van der Waals surface area contributed by atoms with Crippen molar-refractivity contribution in [2.75, 3.05) is 44.8 Å². The van der Waals surface area contributed by atoms with Gasteiger partial charge in [-0.15, -0.1) is 13.2 Å². The summed E-state index contributed by atoms with van der Waals surface area (Å²) in [5.74, 6) is -1.81. The number of benzene rings is 1. The summed E-state index contributed by atoms with van der Waals surface area (Å²) >= 11 is 1.77. The zero-order chi connectivity index (χ0) is 21.9. The molecule has 2 aliphatic rings. The second-order valence-corrected chi connectivity index (χ2v) is 8.53. The van der Waals surface area contributed by atoms with Crippen LogP contribution in [0.15, 0.2) is 18.2 Å². The van der Waals surface area contributed by atoms with Crippen LogP contribution in [0.2, 0.25) is 0 Å². The summed E-state index contributed by atoms with van der Waals surface area (Å²) in [6, 6.07) is 3.12. The average molecular weight is 451 g/mol. The molecule has 3 atom stereocenters. The summed E-state index contributed by atoms with van der Waals surface area (Å²) in [5.41, 5.74) is 0.412. The van der Waals surface area contributed by atoms with Gasteiger partial charge in [-0.2, -0.15) is 11.8 Å². The Balaban J connectivity index is 1.81. The van der Waals surface area contributed by atoms with Crippen LogP contribution >= 0.6 is 11.8 Å². The second kappa shape index (κ2) is 9.42. The van der Waals surface area contributed by atoms with Gasteiger partial charge < -0.3 is 9.47 Å². The largest absolute Gasteiger partial charge is 0.573 e. The maximum absolute atomic E-state index is 14.2. The van der Waals surface area contributed by atoms with E-state index in [4.69, 9.17) is 4.74 Å². The predicted molar refractivity (Wildman–Crippen MR) is 101 cm³/mol. The Bertz CT molecular complexity index is 786. The van der Waals surface area contributed by atoms with E-state index < -0.39 is 35.7 Å². The van der Waals surface area contributed by atoms with Gasteiger partial charge in [0.2, 0.25) is 0 Å². The van der Waals surface area contributed by atoms with Gasteiger partial charge in [0.25, 0.3) is 0 Å². The minimum absolute atomic E-state index is 0.119. The maximum Gasteiger partial charge on any atom is 0.573 e. The van der Waals surface area contributed by atoms with Gasteiger partial charge in [-0.25, -0.2) is 9.18 Å². The van der Waals surface area contributed by atoms with E-state index >= 15 is 0 Å². The van der Waals surface area contributed by atoms with Crippen molar-refractivity contribution in [2.24, 2.45) is 5.92 Å². The number of nitrogens with zero attached hydrogens (tertiary/aromatic N) is 1. The molecule has 2 heterocycles. The van der Waals surface area contributed by atoms with Crippen molar-refractivity contribution in [3.63, 3.8) is 0 Å². The van der Waals surface area contributed by atoms with Crippen LogP contribution in [0.1, 0.15) is 17.9 Å². The molecule has 30 heavy (non-hydrogen) atoms. The lowest BCUT2D eigenvalue weighted by Crippen LogP contribution is -3.18. The topological polar surface area (TPSA) is 60.3 Å². The molecule has 1 aromatic rings. The van der Waals surface area contributed by atoms with Crippen LogP contribution in [-0.4, -0.2) is 68.1 Å². The van der Waals surface area contributed by atoms with Gasteiger partial charge in [0.15, 0.2) is 11.6 Å². The number of quaternary nitrogens is 1. The molecule has 0 bridgehead atoms. The standard InChI is InChI=1S/C19H22F4N2O4S/c1-28-17(26)14-8-13(10-25(11-14)18(27)24-4-6-30-7-5-24)12-2-3-16(15(20)9-12)29-19(21,22)23/h2-3,9,13-14H,4-8,10-11H2,1H3/p+1. The lowest BCUT2D eigenvalue weighted by Gasteiger charge is -2.36. The molecule has 0 spiro atoms. The summed E-state index contributed by atoms with van der Waals surface area (Å²) in [5, 5.41) is 0. The molecule has 2 fully saturated rings. The minimum atomic E-state index is -5.00. The number of rotatable bonds is 3. The van der Waals surface area contributed by atoms with Crippen LogP contribution in [0, 0.1) is 11.7 Å². The lowest BCUT2D eigenvalue weighted by atomic mass is 9.84. The number of ether oxygens (including phenoxy) is 2. The fourth-order valence-electron chi connectivity index (χ4n) is 3.93. The van der Waals surface area contributed by atoms with E-state index in [-0.39, 0.29) is 12.6 Å². The third-order valence-corrected chi connectivity index (χ3v) is 6.29. The molecular formula is C19H23F4N2O4S+. The monoisotopic (exact) mass is 451 g/mol. The van der Waals surface area contributed by atoms with Crippen LogP contribution in [0.25, 0.3) is 0 Å². The molecule has 0 aromatic heterocycles. The Hall–Kier alpha value is -2.01. The van der Waals surface area contributed by atoms with Gasteiger partial charge in [-0.05, 0) is 24.1 Å². The number of carbonyl (C=O) groups is 2. The van der Waals surface area contributed by atoms with Gasteiger partial charge in [-0.3, -0.25) is 14.6 Å². The molecule has 1 N–H and O–H groups in total. The highest BCUT2D eigenvalue weighted by Gasteiger charge is 2.41. The van der Waals surface area contributed by atoms with Crippen LogP contribution in [0.5, 0.6) is 5.75 Å². The number of alkyl halides is 3. The number of hydrogen-bond donors (Lipinski definition) is 1. The van der Waals surface area contributed by atoms with Crippen molar-refractivity contribution < 1.29 is 41.5 Å². The molecule has 2 saturated heterocycles. The number of piperidine rings is 1. The van der Waals surface area contributed by atoms with Gasteiger partial charge >= 0.3 is 18.4 Å².